The van der Waals surface area contributed by atoms with E-state index in [1.54, 1.807) is 0 Å². The van der Waals surface area contributed by atoms with E-state index >= 15 is 0 Å². The van der Waals surface area contributed by atoms with Gasteiger partial charge in [-0.1, -0.05) is 0 Å². The summed E-state index contributed by atoms with van der Waals surface area (Å²) in [6.45, 7) is 0. The topological polar surface area (TPSA) is 0 Å². The van der Waals surface area contributed by atoms with Crippen LogP contribution in [0.25, 0.3) is 0 Å². The maximum atomic E-state index is 7.28. The van der Waals surface area contributed by atoms with Crippen LogP contribution in [0.1, 0.15) is 0 Å². The van der Waals surface area contributed by atoms with Gasteiger partial charge in [-0.2, -0.15) is 0 Å². The average molecular weight is 370 g/mol. The summed E-state index contributed by atoms with van der Waals surface area (Å²) in [4.78, 5) is 0. The van der Waals surface area contributed by atoms with Gasteiger partial charge in [0, 0.05) is 0 Å². The van der Waals surface area contributed by atoms with Crippen molar-refractivity contribution in [1.82, 2.24) is 0 Å². The van der Waals surface area contributed by atoms with E-state index in [4.69, 9.17) is 9.69 Å². The van der Waals surface area contributed by atoms with Crippen molar-refractivity contribution < 1.29 is 13.8 Å². The standard InChI is InChI=1S/3C6H5.ClH.Rh/c3*1-2-4-6-5-3-1;;/h3*1-5H;1H;/q;;;;+1/p-1. The van der Waals surface area contributed by atoms with Crippen LogP contribution in [0, 0.1) is 0 Å². The van der Waals surface area contributed by atoms with Crippen LogP contribution in [-0.2, 0) is 13.8 Å². The zero-order valence-electron chi connectivity index (χ0n) is 10.9. The Kier molecular flexibility index (Phi) is 4.01. The first-order chi connectivity index (χ1) is 9.82. The molecule has 0 atom stereocenters. The SMILES string of the molecule is [Cl][Rh]([c]1ccccc1)([c]1ccccc1)[c]1ccccc1. The molecule has 0 amide bonds. The molecule has 20 heavy (non-hydrogen) atoms. The summed E-state index contributed by atoms with van der Waals surface area (Å²) in [7, 11) is 7.28. The van der Waals surface area contributed by atoms with Crippen molar-refractivity contribution in [2.24, 2.45) is 0 Å². The summed E-state index contributed by atoms with van der Waals surface area (Å²) in [5.74, 6) is 0. The Hall–Kier alpha value is -1.43. The van der Waals surface area contributed by atoms with Crippen LogP contribution < -0.4 is 12.5 Å². The molecular weight excluding hydrogens is 355 g/mol. The van der Waals surface area contributed by atoms with Gasteiger partial charge in [0.15, 0.2) is 0 Å². The van der Waals surface area contributed by atoms with Crippen molar-refractivity contribution in [1.29, 1.82) is 0 Å². The molecular formula is C18H15ClRh. The summed E-state index contributed by atoms with van der Waals surface area (Å²) >= 11 is -2.67. The van der Waals surface area contributed by atoms with Crippen LogP contribution in [0.15, 0.2) is 91.0 Å². The normalized spacial score (nSPS) is 12.1. The van der Waals surface area contributed by atoms with Crippen molar-refractivity contribution in [3.63, 3.8) is 0 Å². The summed E-state index contributed by atoms with van der Waals surface area (Å²) in [5.41, 5.74) is 0. The monoisotopic (exact) mass is 369 g/mol. The van der Waals surface area contributed by atoms with Gasteiger partial charge in [-0.25, -0.2) is 0 Å². The van der Waals surface area contributed by atoms with E-state index in [1.165, 1.54) is 12.5 Å². The second kappa shape index (κ2) is 5.91. The molecule has 0 N–H and O–H groups in total. The van der Waals surface area contributed by atoms with E-state index in [2.05, 4.69) is 72.8 Å². The fourth-order valence-electron chi connectivity index (χ4n) is 2.01. The molecule has 2 heteroatoms. The van der Waals surface area contributed by atoms with Gasteiger partial charge in [-0.3, -0.25) is 0 Å². The van der Waals surface area contributed by atoms with E-state index in [1.807, 2.05) is 18.2 Å². The molecule has 0 aliphatic rings. The Balaban J connectivity index is 2.24. The average Bonchev–Trinajstić information content (AvgIpc) is 2.56. The minimum atomic E-state index is -2.67. The second-order valence-electron chi connectivity index (χ2n) is 4.25. The van der Waals surface area contributed by atoms with Crippen LogP contribution in [0.5, 0.6) is 0 Å². The summed E-state index contributed by atoms with van der Waals surface area (Å²) in [5, 5.41) is 0. The van der Waals surface area contributed by atoms with Gasteiger partial charge in [-0.15, -0.1) is 0 Å². The fraction of sp³-hybridized carbons (Fsp3) is 0. The Labute approximate surface area is 126 Å². The van der Waals surface area contributed by atoms with E-state index < -0.39 is 13.8 Å². The van der Waals surface area contributed by atoms with Crippen LogP contribution in [0.2, 0.25) is 0 Å². The number of rotatable bonds is 3. The van der Waals surface area contributed by atoms with Gasteiger partial charge in [0.25, 0.3) is 0 Å². The van der Waals surface area contributed by atoms with Crippen molar-refractivity contribution in [3.05, 3.63) is 91.0 Å². The summed E-state index contributed by atoms with van der Waals surface area (Å²) in [6.07, 6.45) is 0. The predicted octanol–water partition coefficient (Wildman–Crippen LogP) is 3.27. The molecule has 3 aromatic rings. The predicted molar refractivity (Wildman–Crippen MR) is 84.1 cm³/mol. The van der Waals surface area contributed by atoms with E-state index in [0.717, 1.165) is 0 Å². The van der Waals surface area contributed by atoms with Crippen LogP contribution in [0.4, 0.5) is 0 Å². The van der Waals surface area contributed by atoms with Crippen molar-refractivity contribution in [3.8, 4) is 0 Å². The van der Waals surface area contributed by atoms with Gasteiger partial charge in [-0.05, 0) is 0 Å². The Morgan fingerprint density at radius 2 is 0.700 bits per heavy atom. The van der Waals surface area contributed by atoms with E-state index in [0.29, 0.717) is 0 Å². The third kappa shape index (κ3) is 2.44. The second-order valence-corrected chi connectivity index (χ2v) is 11.5. The van der Waals surface area contributed by atoms with E-state index in [-0.39, 0.29) is 0 Å². The third-order valence-electron chi connectivity index (χ3n) is 2.95. The molecule has 0 nitrogen and oxygen atoms in total. The molecule has 0 radical (unpaired) electrons. The molecule has 0 saturated heterocycles. The fourth-order valence-corrected chi connectivity index (χ4v) is 8.34. The minimum absolute atomic E-state index is 1.24. The molecule has 0 aliphatic heterocycles. The quantitative estimate of drug-likeness (QED) is 0.622. The van der Waals surface area contributed by atoms with Crippen molar-refractivity contribution >= 4 is 22.2 Å². The van der Waals surface area contributed by atoms with E-state index in [9.17, 15) is 0 Å². The van der Waals surface area contributed by atoms with Crippen molar-refractivity contribution in [2.75, 3.05) is 0 Å². The first-order valence-corrected chi connectivity index (χ1v) is 10.9. The van der Waals surface area contributed by atoms with Crippen LogP contribution >= 0.6 is 9.69 Å². The van der Waals surface area contributed by atoms with Gasteiger partial charge >= 0.3 is 127 Å². The van der Waals surface area contributed by atoms with Crippen molar-refractivity contribution in [2.45, 2.75) is 0 Å². The molecule has 0 heterocycles. The Morgan fingerprint density at radius 3 is 0.950 bits per heavy atom. The van der Waals surface area contributed by atoms with Crippen LogP contribution in [0.3, 0.4) is 0 Å². The number of hydrogen-bond acceptors (Lipinski definition) is 0. The van der Waals surface area contributed by atoms with Gasteiger partial charge in [0.05, 0.1) is 0 Å². The summed E-state index contributed by atoms with van der Waals surface area (Å²) < 4.78 is 3.73. The molecule has 103 valence electrons. The molecule has 0 spiro atoms. The number of benzene rings is 3. The molecule has 0 unspecified atom stereocenters. The zero-order chi connectivity index (χ0) is 13.8. The molecule has 0 fully saturated rings. The molecule has 3 aromatic carbocycles. The first-order valence-electron chi connectivity index (χ1n) is 6.36. The number of halogens is 1. The molecule has 0 bridgehead atoms. The van der Waals surface area contributed by atoms with Gasteiger partial charge < -0.3 is 0 Å². The Morgan fingerprint density at radius 1 is 0.450 bits per heavy atom. The third-order valence-corrected chi connectivity index (χ3v) is 11.1. The Bertz CT molecular complexity index is 569. The summed E-state index contributed by atoms with van der Waals surface area (Å²) in [6, 6.07) is 31.4. The zero-order valence-corrected chi connectivity index (χ0v) is 13.3. The molecule has 0 aliphatic carbocycles. The molecule has 0 aromatic heterocycles. The molecule has 0 saturated carbocycles. The maximum absolute atomic E-state index is 7.28. The van der Waals surface area contributed by atoms with Crippen LogP contribution in [-0.4, -0.2) is 0 Å². The van der Waals surface area contributed by atoms with Gasteiger partial charge in [0.2, 0.25) is 0 Å². The van der Waals surface area contributed by atoms with Gasteiger partial charge in [0.1, 0.15) is 0 Å². The number of hydrogen-bond donors (Lipinski definition) is 0. The first kappa shape index (κ1) is 13.6. The molecule has 3 rings (SSSR count).